The summed E-state index contributed by atoms with van der Waals surface area (Å²) < 4.78 is 0. The molecule has 0 aliphatic heterocycles. The summed E-state index contributed by atoms with van der Waals surface area (Å²) in [6.07, 6.45) is 0. The van der Waals surface area contributed by atoms with Crippen LogP contribution in [-0.2, 0) is 0 Å². The lowest BCUT2D eigenvalue weighted by Crippen LogP contribution is -2.33. The highest BCUT2D eigenvalue weighted by Gasteiger charge is 2.06. The van der Waals surface area contributed by atoms with Gasteiger partial charge in [-0.1, -0.05) is 0 Å². The first-order chi connectivity index (χ1) is 7.50. The van der Waals surface area contributed by atoms with Crippen molar-refractivity contribution in [3.63, 3.8) is 0 Å². The van der Waals surface area contributed by atoms with Crippen LogP contribution in [0.15, 0.2) is 24.3 Å². The molecule has 0 saturated carbocycles. The average molecular weight is 220 g/mol. The van der Waals surface area contributed by atoms with E-state index in [0.29, 0.717) is 5.84 Å². The Bertz CT molecular complexity index is 343. The Morgan fingerprint density at radius 1 is 1.12 bits per heavy atom. The maximum Gasteiger partial charge on any atom is 0.127 e. The van der Waals surface area contributed by atoms with Gasteiger partial charge in [-0.25, -0.2) is 0 Å². The number of likely N-dealkylation sites (N-methyl/N-ethyl adjacent to an activating group) is 2. The second-order valence-electron chi connectivity index (χ2n) is 4.20. The number of hydrogen-bond acceptors (Lipinski definition) is 3. The molecule has 0 amide bonds. The largest absolute Gasteiger partial charge is 0.399 e. The number of nitrogens with one attached hydrogen (secondary N) is 1. The van der Waals surface area contributed by atoms with E-state index in [1.165, 1.54) is 0 Å². The zero-order valence-electron chi connectivity index (χ0n) is 10.2. The first-order valence-corrected chi connectivity index (χ1v) is 5.31. The van der Waals surface area contributed by atoms with E-state index in [0.717, 1.165) is 24.3 Å². The van der Waals surface area contributed by atoms with E-state index in [1.54, 1.807) is 0 Å². The number of amidine groups is 1. The Morgan fingerprint density at radius 2 is 1.69 bits per heavy atom. The molecule has 0 atom stereocenters. The van der Waals surface area contributed by atoms with Crippen molar-refractivity contribution >= 4 is 11.5 Å². The Morgan fingerprint density at radius 3 is 2.19 bits per heavy atom. The van der Waals surface area contributed by atoms with Crippen molar-refractivity contribution in [3.8, 4) is 0 Å². The lowest BCUT2D eigenvalue weighted by Gasteiger charge is -2.22. The van der Waals surface area contributed by atoms with Crippen LogP contribution in [0.1, 0.15) is 5.56 Å². The van der Waals surface area contributed by atoms with Crippen LogP contribution in [-0.4, -0.2) is 49.9 Å². The standard InChI is InChI=1S/C12H20N4/c1-15(2)8-9-16(3)12(14)10-4-6-11(13)7-5-10/h4-7,14H,8-9,13H2,1-3H3. The van der Waals surface area contributed by atoms with Crippen molar-refractivity contribution in [1.82, 2.24) is 9.80 Å². The second-order valence-corrected chi connectivity index (χ2v) is 4.20. The summed E-state index contributed by atoms with van der Waals surface area (Å²) in [6.45, 7) is 1.78. The van der Waals surface area contributed by atoms with Gasteiger partial charge in [-0.15, -0.1) is 0 Å². The lowest BCUT2D eigenvalue weighted by atomic mass is 10.2. The molecular weight excluding hydrogens is 200 g/mol. The monoisotopic (exact) mass is 220 g/mol. The van der Waals surface area contributed by atoms with Gasteiger partial charge in [-0.05, 0) is 38.4 Å². The number of nitrogen functional groups attached to an aromatic ring is 1. The molecule has 0 aliphatic carbocycles. The summed E-state index contributed by atoms with van der Waals surface area (Å²) in [6, 6.07) is 7.40. The molecule has 0 spiro atoms. The maximum absolute atomic E-state index is 8.02. The average Bonchev–Trinajstić information content (AvgIpc) is 2.26. The highest BCUT2D eigenvalue weighted by atomic mass is 15.2. The van der Waals surface area contributed by atoms with Crippen molar-refractivity contribution in [1.29, 1.82) is 5.41 Å². The quantitative estimate of drug-likeness (QED) is 0.453. The van der Waals surface area contributed by atoms with Gasteiger partial charge in [0.1, 0.15) is 5.84 Å². The minimum absolute atomic E-state index is 0.529. The number of nitrogens with zero attached hydrogens (tertiary/aromatic N) is 2. The van der Waals surface area contributed by atoms with Gasteiger partial charge in [0.15, 0.2) is 0 Å². The van der Waals surface area contributed by atoms with Crippen LogP contribution in [0.25, 0.3) is 0 Å². The highest BCUT2D eigenvalue weighted by molar-refractivity contribution is 5.96. The minimum atomic E-state index is 0.529. The molecule has 4 heteroatoms. The molecule has 0 aliphatic rings. The maximum atomic E-state index is 8.02. The zero-order chi connectivity index (χ0) is 12.1. The Kier molecular flexibility index (Phi) is 4.31. The number of anilines is 1. The molecule has 0 saturated heterocycles. The first-order valence-electron chi connectivity index (χ1n) is 5.31. The van der Waals surface area contributed by atoms with Crippen LogP contribution < -0.4 is 5.73 Å². The fourth-order valence-corrected chi connectivity index (χ4v) is 1.32. The predicted molar refractivity (Wildman–Crippen MR) is 68.9 cm³/mol. The molecule has 88 valence electrons. The van der Waals surface area contributed by atoms with Crippen LogP contribution >= 0.6 is 0 Å². The molecular formula is C12H20N4. The van der Waals surface area contributed by atoms with E-state index in [-0.39, 0.29) is 0 Å². The van der Waals surface area contributed by atoms with Crippen molar-refractivity contribution in [2.45, 2.75) is 0 Å². The van der Waals surface area contributed by atoms with Crippen LogP contribution in [0.5, 0.6) is 0 Å². The molecule has 3 N–H and O–H groups in total. The van der Waals surface area contributed by atoms with E-state index >= 15 is 0 Å². The van der Waals surface area contributed by atoms with Gasteiger partial charge in [0, 0.05) is 31.4 Å². The summed E-state index contributed by atoms with van der Waals surface area (Å²) in [7, 11) is 5.99. The third-order valence-corrected chi connectivity index (χ3v) is 2.45. The van der Waals surface area contributed by atoms with E-state index < -0.39 is 0 Å². The van der Waals surface area contributed by atoms with Gasteiger partial charge in [-0.3, -0.25) is 5.41 Å². The molecule has 0 heterocycles. The molecule has 4 nitrogen and oxygen atoms in total. The van der Waals surface area contributed by atoms with E-state index in [1.807, 2.05) is 50.3 Å². The predicted octanol–water partition coefficient (Wildman–Crippen LogP) is 1.09. The molecule has 16 heavy (non-hydrogen) atoms. The number of benzene rings is 1. The van der Waals surface area contributed by atoms with Gasteiger partial charge < -0.3 is 15.5 Å². The van der Waals surface area contributed by atoms with Gasteiger partial charge in [0.05, 0.1) is 0 Å². The second kappa shape index (κ2) is 5.51. The van der Waals surface area contributed by atoms with E-state index in [9.17, 15) is 0 Å². The fraction of sp³-hybridized carbons (Fsp3) is 0.417. The molecule has 0 radical (unpaired) electrons. The summed E-state index contributed by atoms with van der Waals surface area (Å²) in [5, 5.41) is 8.02. The SMILES string of the molecule is CN(C)CCN(C)C(=N)c1ccc(N)cc1. The van der Waals surface area contributed by atoms with E-state index in [2.05, 4.69) is 4.90 Å². The topological polar surface area (TPSA) is 56.4 Å². The first kappa shape index (κ1) is 12.5. The van der Waals surface area contributed by atoms with Crippen LogP contribution in [0.2, 0.25) is 0 Å². The highest BCUT2D eigenvalue weighted by Crippen LogP contribution is 2.07. The van der Waals surface area contributed by atoms with Crippen LogP contribution in [0, 0.1) is 5.41 Å². The molecule has 0 bridgehead atoms. The Balaban J connectivity index is 2.60. The van der Waals surface area contributed by atoms with Crippen molar-refractivity contribution in [2.75, 3.05) is 40.0 Å². The smallest absolute Gasteiger partial charge is 0.127 e. The molecule has 1 rings (SSSR count). The van der Waals surface area contributed by atoms with Crippen LogP contribution in [0.4, 0.5) is 5.69 Å². The van der Waals surface area contributed by atoms with Crippen molar-refractivity contribution in [2.24, 2.45) is 0 Å². The number of nitrogens with two attached hydrogens (primary N) is 1. The number of rotatable bonds is 4. The van der Waals surface area contributed by atoms with Crippen molar-refractivity contribution < 1.29 is 0 Å². The molecule has 0 aromatic heterocycles. The Labute approximate surface area is 97.2 Å². The molecule has 1 aromatic rings. The van der Waals surface area contributed by atoms with Crippen LogP contribution in [0.3, 0.4) is 0 Å². The van der Waals surface area contributed by atoms with Gasteiger partial charge in [0.2, 0.25) is 0 Å². The number of hydrogen-bond donors (Lipinski definition) is 2. The van der Waals surface area contributed by atoms with Gasteiger partial charge in [0.25, 0.3) is 0 Å². The molecule has 1 aromatic carbocycles. The third-order valence-electron chi connectivity index (χ3n) is 2.45. The summed E-state index contributed by atoms with van der Waals surface area (Å²) in [5.74, 6) is 0.529. The fourth-order valence-electron chi connectivity index (χ4n) is 1.32. The summed E-state index contributed by atoms with van der Waals surface area (Å²) in [4.78, 5) is 4.04. The summed E-state index contributed by atoms with van der Waals surface area (Å²) in [5.41, 5.74) is 7.24. The van der Waals surface area contributed by atoms with Gasteiger partial charge >= 0.3 is 0 Å². The lowest BCUT2D eigenvalue weighted by molar-refractivity contribution is 0.356. The Hall–Kier alpha value is -1.55. The molecule has 0 unspecified atom stereocenters. The normalized spacial score (nSPS) is 10.5. The third kappa shape index (κ3) is 3.55. The zero-order valence-corrected chi connectivity index (χ0v) is 10.2. The van der Waals surface area contributed by atoms with E-state index in [4.69, 9.17) is 11.1 Å². The van der Waals surface area contributed by atoms with Gasteiger partial charge in [-0.2, -0.15) is 0 Å². The summed E-state index contributed by atoms with van der Waals surface area (Å²) >= 11 is 0. The molecule has 0 fully saturated rings. The van der Waals surface area contributed by atoms with Crippen molar-refractivity contribution in [3.05, 3.63) is 29.8 Å². The minimum Gasteiger partial charge on any atom is -0.399 e.